The fourth-order valence-electron chi connectivity index (χ4n) is 2.34. The minimum Gasteiger partial charge on any atom is -0.393 e. The second-order valence-electron chi connectivity index (χ2n) is 4.76. The molecule has 0 saturated heterocycles. The summed E-state index contributed by atoms with van der Waals surface area (Å²) < 4.78 is 0. The first-order valence-corrected chi connectivity index (χ1v) is 6.32. The molecule has 2 unspecified atom stereocenters. The Kier molecular flexibility index (Phi) is 4.15. The molecule has 1 aliphatic rings. The highest BCUT2D eigenvalue weighted by Gasteiger charge is 2.23. The SMILES string of the molecule is O=C(NCC1CCCCC1O)c1cc[nH]c(=O)c1. The van der Waals surface area contributed by atoms with Crippen molar-refractivity contribution in [1.29, 1.82) is 0 Å². The van der Waals surface area contributed by atoms with Crippen LogP contribution in [-0.2, 0) is 0 Å². The van der Waals surface area contributed by atoms with Crippen LogP contribution in [0.1, 0.15) is 36.0 Å². The monoisotopic (exact) mass is 250 g/mol. The Morgan fingerprint density at radius 1 is 1.44 bits per heavy atom. The fraction of sp³-hybridized carbons (Fsp3) is 0.538. The van der Waals surface area contributed by atoms with Gasteiger partial charge in [0.1, 0.15) is 0 Å². The van der Waals surface area contributed by atoms with Gasteiger partial charge >= 0.3 is 0 Å². The second-order valence-corrected chi connectivity index (χ2v) is 4.76. The molecule has 0 radical (unpaired) electrons. The van der Waals surface area contributed by atoms with Crippen molar-refractivity contribution in [3.8, 4) is 0 Å². The van der Waals surface area contributed by atoms with E-state index < -0.39 is 0 Å². The maximum Gasteiger partial charge on any atom is 0.251 e. The molecule has 1 aromatic heterocycles. The minimum atomic E-state index is -0.321. The Morgan fingerprint density at radius 3 is 2.94 bits per heavy atom. The quantitative estimate of drug-likeness (QED) is 0.737. The molecule has 3 N–H and O–H groups in total. The summed E-state index contributed by atoms with van der Waals surface area (Å²) in [6, 6.07) is 2.83. The summed E-state index contributed by atoms with van der Waals surface area (Å²) in [5.41, 5.74) is 0.0596. The summed E-state index contributed by atoms with van der Waals surface area (Å²) in [5, 5.41) is 12.6. The summed E-state index contributed by atoms with van der Waals surface area (Å²) in [6.07, 6.45) is 5.04. The molecule has 5 nitrogen and oxygen atoms in total. The van der Waals surface area contributed by atoms with E-state index in [0.717, 1.165) is 25.7 Å². The molecule has 1 saturated carbocycles. The van der Waals surface area contributed by atoms with Crippen LogP contribution in [0.5, 0.6) is 0 Å². The zero-order valence-electron chi connectivity index (χ0n) is 10.2. The molecule has 2 rings (SSSR count). The van der Waals surface area contributed by atoms with Gasteiger partial charge in [-0.15, -0.1) is 0 Å². The first-order valence-electron chi connectivity index (χ1n) is 6.32. The number of pyridine rings is 1. The third-order valence-electron chi connectivity index (χ3n) is 3.43. The summed E-state index contributed by atoms with van der Waals surface area (Å²) in [4.78, 5) is 25.3. The topological polar surface area (TPSA) is 82.2 Å². The van der Waals surface area contributed by atoms with Crippen LogP contribution in [0.25, 0.3) is 0 Å². The Bertz CT molecular complexity index is 469. The van der Waals surface area contributed by atoms with E-state index in [9.17, 15) is 14.7 Å². The van der Waals surface area contributed by atoms with Crippen molar-refractivity contribution in [2.45, 2.75) is 31.8 Å². The van der Waals surface area contributed by atoms with Crippen molar-refractivity contribution >= 4 is 5.91 Å². The number of hydrogen-bond donors (Lipinski definition) is 3. The predicted molar refractivity (Wildman–Crippen MR) is 67.4 cm³/mol. The average molecular weight is 250 g/mol. The minimum absolute atomic E-state index is 0.129. The zero-order chi connectivity index (χ0) is 13.0. The van der Waals surface area contributed by atoms with Gasteiger partial charge in [-0.25, -0.2) is 0 Å². The lowest BCUT2D eigenvalue weighted by Crippen LogP contribution is -2.36. The van der Waals surface area contributed by atoms with Crippen molar-refractivity contribution in [3.05, 3.63) is 34.2 Å². The molecule has 0 aromatic carbocycles. The number of H-pyrrole nitrogens is 1. The number of carbonyl (C=O) groups is 1. The van der Waals surface area contributed by atoms with Crippen molar-refractivity contribution in [3.63, 3.8) is 0 Å². The van der Waals surface area contributed by atoms with Gasteiger partial charge in [0.25, 0.3) is 5.91 Å². The zero-order valence-corrected chi connectivity index (χ0v) is 10.2. The fourth-order valence-corrected chi connectivity index (χ4v) is 2.34. The molecular formula is C13H18N2O3. The highest BCUT2D eigenvalue weighted by molar-refractivity contribution is 5.93. The molecule has 1 aromatic rings. The number of aliphatic hydroxyl groups excluding tert-OH is 1. The van der Waals surface area contributed by atoms with Gasteiger partial charge in [0.15, 0.2) is 0 Å². The number of aromatic amines is 1. The first kappa shape index (κ1) is 12.8. The number of hydrogen-bond acceptors (Lipinski definition) is 3. The molecule has 1 fully saturated rings. The lowest BCUT2D eigenvalue weighted by atomic mass is 9.86. The Morgan fingerprint density at radius 2 is 2.22 bits per heavy atom. The lowest BCUT2D eigenvalue weighted by Gasteiger charge is -2.27. The van der Waals surface area contributed by atoms with Crippen LogP contribution in [0.2, 0.25) is 0 Å². The van der Waals surface area contributed by atoms with Crippen LogP contribution in [0.3, 0.4) is 0 Å². The average Bonchev–Trinajstić information content (AvgIpc) is 2.37. The first-order chi connectivity index (χ1) is 8.66. The van der Waals surface area contributed by atoms with E-state index >= 15 is 0 Å². The van der Waals surface area contributed by atoms with Crippen LogP contribution < -0.4 is 10.9 Å². The van der Waals surface area contributed by atoms with Crippen LogP contribution in [0, 0.1) is 5.92 Å². The Labute approximate surface area is 105 Å². The molecule has 0 spiro atoms. The van der Waals surface area contributed by atoms with Crippen LogP contribution in [0.15, 0.2) is 23.1 Å². The molecule has 0 aliphatic heterocycles. The van der Waals surface area contributed by atoms with E-state index in [2.05, 4.69) is 10.3 Å². The Hall–Kier alpha value is -1.62. The maximum absolute atomic E-state index is 11.8. The van der Waals surface area contributed by atoms with Gasteiger partial charge in [-0.1, -0.05) is 12.8 Å². The summed E-state index contributed by atoms with van der Waals surface area (Å²) in [7, 11) is 0. The third-order valence-corrected chi connectivity index (χ3v) is 3.43. The van der Waals surface area contributed by atoms with Gasteiger partial charge in [0.2, 0.25) is 5.56 Å². The number of aliphatic hydroxyl groups is 1. The number of rotatable bonds is 3. The van der Waals surface area contributed by atoms with E-state index in [1.165, 1.54) is 12.3 Å². The molecular weight excluding hydrogens is 232 g/mol. The van der Waals surface area contributed by atoms with Gasteiger partial charge < -0.3 is 15.4 Å². The second kappa shape index (κ2) is 5.82. The largest absolute Gasteiger partial charge is 0.393 e. The highest BCUT2D eigenvalue weighted by Crippen LogP contribution is 2.23. The van der Waals surface area contributed by atoms with Crippen LogP contribution >= 0.6 is 0 Å². The molecule has 2 atom stereocenters. The number of carbonyl (C=O) groups excluding carboxylic acids is 1. The molecule has 5 heteroatoms. The van der Waals surface area contributed by atoms with E-state index in [1.54, 1.807) is 6.07 Å². The molecule has 18 heavy (non-hydrogen) atoms. The molecule has 1 aliphatic carbocycles. The smallest absolute Gasteiger partial charge is 0.251 e. The maximum atomic E-state index is 11.8. The highest BCUT2D eigenvalue weighted by atomic mass is 16.3. The van der Waals surface area contributed by atoms with Gasteiger partial charge in [-0.3, -0.25) is 9.59 Å². The number of aromatic nitrogens is 1. The van der Waals surface area contributed by atoms with Crippen LogP contribution in [0.4, 0.5) is 0 Å². The van der Waals surface area contributed by atoms with Gasteiger partial charge in [-0.05, 0) is 18.9 Å². The lowest BCUT2D eigenvalue weighted by molar-refractivity contribution is 0.0663. The van der Waals surface area contributed by atoms with Gasteiger partial charge in [0.05, 0.1) is 6.10 Å². The van der Waals surface area contributed by atoms with E-state index in [4.69, 9.17) is 0 Å². The molecule has 98 valence electrons. The van der Waals surface area contributed by atoms with Gasteiger partial charge in [0, 0.05) is 30.3 Å². The van der Waals surface area contributed by atoms with Crippen molar-refractivity contribution in [2.24, 2.45) is 5.92 Å². The van der Waals surface area contributed by atoms with E-state index in [-0.39, 0.29) is 23.5 Å². The predicted octanol–water partition coefficient (Wildman–Crippen LogP) is 0.656. The van der Waals surface area contributed by atoms with E-state index in [0.29, 0.717) is 12.1 Å². The summed E-state index contributed by atoms with van der Waals surface area (Å²) in [6.45, 7) is 0.465. The normalized spacial score (nSPS) is 23.6. The van der Waals surface area contributed by atoms with E-state index in [1.807, 2.05) is 0 Å². The van der Waals surface area contributed by atoms with Crippen molar-refractivity contribution < 1.29 is 9.90 Å². The summed E-state index contributed by atoms with van der Waals surface area (Å²) >= 11 is 0. The standard InChI is InChI=1S/C13H18N2O3/c16-11-4-2-1-3-10(11)8-15-13(18)9-5-6-14-12(17)7-9/h5-7,10-11,16H,1-4,8H2,(H,14,17)(H,15,18). The molecule has 0 bridgehead atoms. The van der Waals surface area contributed by atoms with Crippen LogP contribution in [-0.4, -0.2) is 28.6 Å². The number of amides is 1. The Balaban J connectivity index is 1.90. The summed E-state index contributed by atoms with van der Waals surface area (Å²) in [5.74, 6) is -0.136. The number of nitrogens with one attached hydrogen (secondary N) is 2. The van der Waals surface area contributed by atoms with Crippen molar-refractivity contribution in [2.75, 3.05) is 6.54 Å². The molecule has 1 amide bonds. The van der Waals surface area contributed by atoms with Crippen molar-refractivity contribution in [1.82, 2.24) is 10.3 Å². The van der Waals surface area contributed by atoms with Gasteiger partial charge in [-0.2, -0.15) is 0 Å². The third kappa shape index (κ3) is 3.20. The molecule has 1 heterocycles.